The molecule has 0 aliphatic carbocycles. The molecule has 10 heteroatoms. The summed E-state index contributed by atoms with van der Waals surface area (Å²) in [5.74, 6) is 0.809. The van der Waals surface area contributed by atoms with Crippen molar-refractivity contribution in [1.82, 2.24) is 24.8 Å². The Morgan fingerprint density at radius 3 is 2.47 bits per heavy atom. The number of halogens is 1. The van der Waals surface area contributed by atoms with Crippen LogP contribution in [0, 0.1) is 0 Å². The lowest BCUT2D eigenvalue weighted by Crippen LogP contribution is -2.47. The first-order chi connectivity index (χ1) is 18.6. The summed E-state index contributed by atoms with van der Waals surface area (Å²) in [5, 5.41) is 4.31. The van der Waals surface area contributed by atoms with Crippen LogP contribution in [-0.2, 0) is 9.47 Å². The minimum absolute atomic E-state index is 0.399. The summed E-state index contributed by atoms with van der Waals surface area (Å²) in [6, 6.07) is 9.05. The van der Waals surface area contributed by atoms with E-state index in [2.05, 4.69) is 61.2 Å². The molecule has 5 rings (SSSR count). The summed E-state index contributed by atoms with van der Waals surface area (Å²) in [6.45, 7) is 12.7. The minimum Gasteiger partial charge on any atom is -0.382 e. The summed E-state index contributed by atoms with van der Waals surface area (Å²) in [6.07, 6.45) is 3.91. The normalized spacial score (nSPS) is 17.9. The summed E-state index contributed by atoms with van der Waals surface area (Å²) in [4.78, 5) is 20.2. The number of nitrogens with one attached hydrogen (secondary N) is 2. The summed E-state index contributed by atoms with van der Waals surface area (Å²) >= 11 is 6.59. The molecule has 4 heterocycles. The Morgan fingerprint density at radius 1 is 1.00 bits per heavy atom. The molecule has 2 saturated heterocycles. The van der Waals surface area contributed by atoms with Crippen molar-refractivity contribution in [2.24, 2.45) is 0 Å². The molecular formula is C28H40ClN7O2. The van der Waals surface area contributed by atoms with E-state index >= 15 is 0 Å². The number of nitrogens with zero attached hydrogens (tertiary/aromatic N) is 5. The molecule has 0 radical (unpaired) electrons. The number of methoxy groups -OCH3 is 1. The molecule has 2 aliphatic rings. The van der Waals surface area contributed by atoms with E-state index in [1.54, 1.807) is 13.3 Å². The lowest BCUT2D eigenvalue weighted by atomic mass is 10.0. The van der Waals surface area contributed by atoms with E-state index in [0.717, 1.165) is 94.4 Å². The molecule has 0 atom stereocenters. The Hall–Kier alpha value is -2.43. The molecule has 206 valence electrons. The van der Waals surface area contributed by atoms with Crippen molar-refractivity contribution in [2.75, 3.05) is 89.5 Å². The molecule has 0 unspecified atom stereocenters. The van der Waals surface area contributed by atoms with Crippen LogP contribution < -0.4 is 10.2 Å². The van der Waals surface area contributed by atoms with E-state index < -0.39 is 0 Å². The number of aromatic nitrogens is 3. The van der Waals surface area contributed by atoms with Crippen LogP contribution in [0.4, 0.5) is 11.4 Å². The third-order valence-corrected chi connectivity index (χ3v) is 8.01. The maximum atomic E-state index is 6.59. The van der Waals surface area contributed by atoms with Crippen molar-refractivity contribution in [3.63, 3.8) is 0 Å². The number of pyridine rings is 1. The van der Waals surface area contributed by atoms with Crippen LogP contribution in [0.15, 0.2) is 30.5 Å². The molecule has 9 nitrogen and oxygen atoms in total. The second-order valence-corrected chi connectivity index (χ2v) is 10.5. The Labute approximate surface area is 230 Å². The van der Waals surface area contributed by atoms with Crippen LogP contribution in [0.25, 0.3) is 22.6 Å². The molecule has 3 aromatic rings. The van der Waals surface area contributed by atoms with Gasteiger partial charge in [-0.3, -0.25) is 4.90 Å². The maximum absolute atomic E-state index is 6.59. The van der Waals surface area contributed by atoms with E-state index in [1.807, 2.05) is 0 Å². The van der Waals surface area contributed by atoms with Crippen LogP contribution >= 0.6 is 11.6 Å². The number of imidazole rings is 1. The topological polar surface area (TPSA) is 81.8 Å². The number of benzene rings is 1. The number of H-pyrrole nitrogens is 1. The highest BCUT2D eigenvalue weighted by Crippen LogP contribution is 2.32. The molecule has 2 aliphatic heterocycles. The Balaban J connectivity index is 1.20. The van der Waals surface area contributed by atoms with Gasteiger partial charge in [0, 0.05) is 70.2 Å². The molecule has 2 fully saturated rings. The lowest BCUT2D eigenvalue weighted by Gasteiger charge is -2.36. The van der Waals surface area contributed by atoms with Gasteiger partial charge < -0.3 is 29.6 Å². The number of aromatic amines is 1. The van der Waals surface area contributed by atoms with Gasteiger partial charge in [0.15, 0.2) is 5.65 Å². The fourth-order valence-corrected chi connectivity index (χ4v) is 5.50. The van der Waals surface area contributed by atoms with Crippen molar-refractivity contribution in [1.29, 1.82) is 0 Å². The SMILES string of the molecule is CCN1CCC(Nc2c(Cl)cnc3nc(-c4ccc(N5CCN(CCOCCOC)CC5)cc4)[nH]c23)CC1. The van der Waals surface area contributed by atoms with Crippen LogP contribution in [-0.4, -0.2) is 110 Å². The van der Waals surface area contributed by atoms with E-state index in [9.17, 15) is 0 Å². The average molecular weight is 542 g/mol. The highest BCUT2D eigenvalue weighted by atomic mass is 35.5. The predicted octanol–water partition coefficient (Wildman–Crippen LogP) is 3.96. The fourth-order valence-electron chi connectivity index (χ4n) is 5.31. The van der Waals surface area contributed by atoms with Gasteiger partial charge in [0.2, 0.25) is 0 Å². The third-order valence-electron chi connectivity index (χ3n) is 7.72. The van der Waals surface area contributed by atoms with Gasteiger partial charge in [-0.15, -0.1) is 0 Å². The Kier molecular flexibility index (Phi) is 9.35. The van der Waals surface area contributed by atoms with Crippen molar-refractivity contribution < 1.29 is 9.47 Å². The first-order valence-corrected chi connectivity index (χ1v) is 14.2. The Morgan fingerprint density at radius 2 is 1.76 bits per heavy atom. The number of piperidine rings is 1. The van der Waals surface area contributed by atoms with E-state index in [4.69, 9.17) is 26.1 Å². The molecule has 0 spiro atoms. The first-order valence-electron chi connectivity index (χ1n) is 13.8. The number of likely N-dealkylation sites (tertiary alicyclic amines) is 1. The number of ether oxygens (including phenoxy) is 2. The quantitative estimate of drug-likeness (QED) is 0.353. The average Bonchev–Trinajstić information content (AvgIpc) is 3.40. The molecule has 1 aromatic carbocycles. The van der Waals surface area contributed by atoms with Crippen molar-refractivity contribution >= 4 is 34.1 Å². The van der Waals surface area contributed by atoms with Crippen molar-refractivity contribution in [3.05, 3.63) is 35.5 Å². The molecule has 0 saturated carbocycles. The van der Waals surface area contributed by atoms with Gasteiger partial charge in [0.05, 0.1) is 36.7 Å². The molecule has 38 heavy (non-hydrogen) atoms. The number of fused-ring (bicyclic) bond motifs is 1. The van der Waals surface area contributed by atoms with Crippen LogP contribution in [0.1, 0.15) is 19.8 Å². The van der Waals surface area contributed by atoms with Gasteiger partial charge in [-0.25, -0.2) is 9.97 Å². The highest BCUT2D eigenvalue weighted by Gasteiger charge is 2.22. The zero-order chi connectivity index (χ0) is 26.3. The van der Waals surface area contributed by atoms with E-state index in [1.165, 1.54) is 5.69 Å². The van der Waals surface area contributed by atoms with Crippen LogP contribution in [0.3, 0.4) is 0 Å². The highest BCUT2D eigenvalue weighted by molar-refractivity contribution is 6.34. The van der Waals surface area contributed by atoms with E-state index in [0.29, 0.717) is 29.9 Å². The number of anilines is 2. The monoisotopic (exact) mass is 541 g/mol. The molecule has 0 amide bonds. The lowest BCUT2D eigenvalue weighted by molar-refractivity contribution is 0.0563. The number of rotatable bonds is 11. The smallest absolute Gasteiger partial charge is 0.180 e. The zero-order valence-corrected chi connectivity index (χ0v) is 23.3. The summed E-state index contributed by atoms with van der Waals surface area (Å²) in [5.41, 5.74) is 4.74. The van der Waals surface area contributed by atoms with Gasteiger partial charge in [-0.1, -0.05) is 18.5 Å². The maximum Gasteiger partial charge on any atom is 0.180 e. The van der Waals surface area contributed by atoms with Crippen molar-refractivity contribution in [3.8, 4) is 11.4 Å². The van der Waals surface area contributed by atoms with E-state index in [-0.39, 0.29) is 0 Å². The van der Waals surface area contributed by atoms with Gasteiger partial charge in [0.1, 0.15) is 11.3 Å². The van der Waals surface area contributed by atoms with Gasteiger partial charge in [-0.05, 0) is 43.7 Å². The molecular weight excluding hydrogens is 502 g/mol. The fraction of sp³-hybridized carbons (Fsp3) is 0.571. The van der Waals surface area contributed by atoms with Crippen LogP contribution in [0.2, 0.25) is 5.02 Å². The second-order valence-electron chi connectivity index (χ2n) is 10.1. The summed E-state index contributed by atoms with van der Waals surface area (Å²) < 4.78 is 10.6. The molecule has 2 aromatic heterocycles. The molecule has 2 N–H and O–H groups in total. The zero-order valence-electron chi connectivity index (χ0n) is 22.6. The first kappa shape index (κ1) is 27.1. The van der Waals surface area contributed by atoms with Gasteiger partial charge in [0.25, 0.3) is 0 Å². The minimum atomic E-state index is 0.399. The largest absolute Gasteiger partial charge is 0.382 e. The van der Waals surface area contributed by atoms with Gasteiger partial charge >= 0.3 is 0 Å². The summed E-state index contributed by atoms with van der Waals surface area (Å²) in [7, 11) is 1.70. The molecule has 0 bridgehead atoms. The third kappa shape index (κ3) is 6.58. The number of hydrogen-bond donors (Lipinski definition) is 2. The van der Waals surface area contributed by atoms with Crippen LogP contribution in [0.5, 0.6) is 0 Å². The number of hydrogen-bond acceptors (Lipinski definition) is 8. The Bertz CT molecular complexity index is 1160. The second kappa shape index (κ2) is 13.1. The number of piperazine rings is 1. The van der Waals surface area contributed by atoms with Gasteiger partial charge in [-0.2, -0.15) is 0 Å². The standard InChI is InChI=1S/C28H40ClN7O2/c1-3-34-10-8-22(9-11-34)31-25-24(29)20-30-28-26(25)32-27(33-28)21-4-6-23(7-5-21)36-14-12-35(13-15-36)16-17-38-19-18-37-2/h4-7,20,22H,3,8-19H2,1-2H3,(H2,30,31,32,33). The predicted molar refractivity (Wildman–Crippen MR) is 154 cm³/mol. The van der Waals surface area contributed by atoms with Crippen molar-refractivity contribution in [2.45, 2.75) is 25.8 Å².